The summed E-state index contributed by atoms with van der Waals surface area (Å²) in [6.45, 7) is 0. The molecule has 0 fully saturated rings. The van der Waals surface area contributed by atoms with Gasteiger partial charge in [-0.05, 0) is 6.07 Å². The van der Waals surface area contributed by atoms with Crippen LogP contribution in [0.5, 0.6) is 0 Å². The van der Waals surface area contributed by atoms with Gasteiger partial charge in [0, 0.05) is 0 Å². The number of H-pyrrole nitrogens is 1. The zero-order valence-electron chi connectivity index (χ0n) is 7.18. The van der Waals surface area contributed by atoms with Crippen LogP contribution in [0, 0.1) is 0 Å². The van der Waals surface area contributed by atoms with Crippen molar-refractivity contribution in [2.24, 2.45) is 0 Å². The van der Waals surface area contributed by atoms with Crippen LogP contribution in [0.3, 0.4) is 0 Å². The molecule has 6 N–H and O–H groups in total. The molecule has 9 nitrogen and oxygen atoms in total. The van der Waals surface area contributed by atoms with Crippen molar-refractivity contribution in [2.45, 2.75) is 5.52 Å². The predicted octanol–water partition coefficient (Wildman–Crippen LogP) is -0.539. The molecule has 0 aliphatic heterocycles. The lowest BCUT2D eigenvalue weighted by Crippen LogP contribution is -2.20. The number of anilines is 1. The summed E-state index contributed by atoms with van der Waals surface area (Å²) in [5.74, 6) is 0.00616. The Hall–Kier alpha value is -0.690. The fourth-order valence-electron chi connectivity index (χ4n) is 0.839. The second kappa shape index (κ2) is 4.05. The van der Waals surface area contributed by atoms with Gasteiger partial charge >= 0.3 is 15.2 Å². The van der Waals surface area contributed by atoms with Crippen molar-refractivity contribution in [3.8, 4) is 0 Å². The van der Waals surface area contributed by atoms with Gasteiger partial charge in [0.2, 0.25) is 5.52 Å². The van der Waals surface area contributed by atoms with E-state index in [1.807, 2.05) is 5.32 Å². The van der Waals surface area contributed by atoms with Crippen molar-refractivity contribution < 1.29 is 28.7 Å². The molecule has 0 atom stereocenters. The van der Waals surface area contributed by atoms with E-state index >= 15 is 0 Å². The highest BCUT2D eigenvalue weighted by Crippen LogP contribution is 2.59. The highest BCUT2D eigenvalue weighted by Gasteiger charge is 2.43. The first-order valence-electron chi connectivity index (χ1n) is 3.57. The molecule has 0 bridgehead atoms. The van der Waals surface area contributed by atoms with Gasteiger partial charge < -0.3 is 24.9 Å². The van der Waals surface area contributed by atoms with E-state index in [1.54, 1.807) is 0 Å². The Balaban J connectivity index is 2.95. The summed E-state index contributed by atoms with van der Waals surface area (Å²) < 4.78 is 21.6. The summed E-state index contributed by atoms with van der Waals surface area (Å²) in [6, 6.07) is 1.28. The smallest absolute Gasteiger partial charge is 0.347 e. The molecule has 0 aliphatic rings. The topological polar surface area (TPSA) is 156 Å². The Labute approximate surface area is 83.8 Å². The number of hydrogen-bond donors (Lipinski definition) is 6. The first kappa shape index (κ1) is 12.4. The molecule has 86 valence electrons. The lowest BCUT2D eigenvalue weighted by atomic mass is 10.6. The lowest BCUT2D eigenvalue weighted by molar-refractivity contribution is 0.343. The summed E-state index contributed by atoms with van der Waals surface area (Å²) in [5.41, 5.74) is -2.27. The third-order valence-corrected chi connectivity index (χ3v) is 4.76. The van der Waals surface area contributed by atoms with Crippen molar-refractivity contribution in [3.63, 3.8) is 0 Å². The lowest BCUT2D eigenvalue weighted by Gasteiger charge is -2.20. The Morgan fingerprint density at radius 2 is 1.80 bits per heavy atom. The third-order valence-electron chi connectivity index (χ3n) is 1.42. The molecule has 11 heteroatoms. The minimum Gasteiger partial charge on any atom is -0.347 e. The Morgan fingerprint density at radius 1 is 1.27 bits per heavy atom. The van der Waals surface area contributed by atoms with E-state index in [1.165, 1.54) is 12.3 Å². The van der Waals surface area contributed by atoms with Crippen molar-refractivity contribution in [2.75, 3.05) is 5.32 Å². The van der Waals surface area contributed by atoms with E-state index in [9.17, 15) is 9.13 Å². The van der Waals surface area contributed by atoms with Gasteiger partial charge in [-0.1, -0.05) is 0 Å². The maximum atomic E-state index is 10.8. The summed E-state index contributed by atoms with van der Waals surface area (Å²) in [4.78, 5) is 34.9. The number of aromatic amines is 1. The molecule has 0 saturated heterocycles. The van der Waals surface area contributed by atoms with Crippen LogP contribution in [0.4, 0.5) is 5.82 Å². The predicted molar refractivity (Wildman–Crippen MR) is 50.1 cm³/mol. The van der Waals surface area contributed by atoms with Crippen LogP contribution in [0.2, 0.25) is 0 Å². The van der Waals surface area contributed by atoms with Gasteiger partial charge in [0.05, 0.1) is 6.20 Å². The van der Waals surface area contributed by atoms with E-state index in [4.69, 9.17) is 19.6 Å². The first-order valence-corrected chi connectivity index (χ1v) is 6.94. The number of nitrogens with zero attached hydrogens (tertiary/aromatic N) is 1. The van der Waals surface area contributed by atoms with Gasteiger partial charge in [-0.15, -0.1) is 0 Å². The molecule has 0 unspecified atom stereocenters. The van der Waals surface area contributed by atoms with E-state index in [2.05, 4.69) is 10.2 Å². The van der Waals surface area contributed by atoms with Crippen molar-refractivity contribution in [1.82, 2.24) is 10.2 Å². The zero-order chi connectivity index (χ0) is 11.7. The van der Waals surface area contributed by atoms with E-state index in [-0.39, 0.29) is 5.82 Å². The van der Waals surface area contributed by atoms with Crippen molar-refractivity contribution >= 4 is 21.0 Å². The van der Waals surface area contributed by atoms with Crippen LogP contribution in [0.15, 0.2) is 12.3 Å². The molecule has 0 aliphatic carbocycles. The second-order valence-corrected chi connectivity index (χ2v) is 6.46. The summed E-state index contributed by atoms with van der Waals surface area (Å²) >= 11 is 0. The molecule has 1 aromatic heterocycles. The summed E-state index contributed by atoms with van der Waals surface area (Å²) in [6.07, 6.45) is 1.26. The normalized spacial score (nSPS) is 13.1. The largest absolute Gasteiger partial charge is 0.360 e. The minimum atomic E-state index is -4.96. The molecular weight excluding hydrogens is 248 g/mol. The third kappa shape index (κ3) is 3.42. The molecule has 0 radical (unpaired) electrons. The SMILES string of the molecule is O=P(O)(O)C(Nc1ccn[nH]1)P(=O)(O)O. The van der Waals surface area contributed by atoms with Gasteiger partial charge in [0.1, 0.15) is 5.82 Å². The standard InChI is InChI=1S/C4H9N3O6P2/c8-14(9,10)4(15(11,12)13)6-3-1-2-5-7-3/h1-2,4H,(H2,5,6,7)(H2,8,9,10)(H2,11,12,13). The maximum Gasteiger partial charge on any atom is 0.360 e. The Bertz CT molecular complexity index is 384. The molecule has 1 aromatic rings. The highest BCUT2D eigenvalue weighted by molar-refractivity contribution is 7.71. The molecule has 0 spiro atoms. The van der Waals surface area contributed by atoms with Crippen molar-refractivity contribution in [1.29, 1.82) is 0 Å². The van der Waals surface area contributed by atoms with Gasteiger partial charge in [-0.2, -0.15) is 5.10 Å². The van der Waals surface area contributed by atoms with Gasteiger partial charge in [-0.3, -0.25) is 14.2 Å². The van der Waals surface area contributed by atoms with Crippen LogP contribution >= 0.6 is 15.2 Å². The van der Waals surface area contributed by atoms with Gasteiger partial charge in [0.25, 0.3) is 0 Å². The molecule has 15 heavy (non-hydrogen) atoms. The quantitative estimate of drug-likeness (QED) is 0.393. The molecular formula is C4H9N3O6P2. The van der Waals surface area contributed by atoms with Crippen molar-refractivity contribution in [3.05, 3.63) is 12.3 Å². The van der Waals surface area contributed by atoms with E-state index in [0.717, 1.165) is 0 Å². The highest BCUT2D eigenvalue weighted by atomic mass is 31.2. The van der Waals surface area contributed by atoms with Crippen LogP contribution in [0.25, 0.3) is 0 Å². The average Bonchev–Trinajstić information content (AvgIpc) is 2.46. The van der Waals surface area contributed by atoms with Crippen LogP contribution in [0.1, 0.15) is 0 Å². The van der Waals surface area contributed by atoms with Crippen LogP contribution < -0.4 is 5.32 Å². The summed E-state index contributed by atoms with van der Waals surface area (Å²) in [5, 5.41) is 7.70. The Kier molecular flexibility index (Phi) is 3.34. The Morgan fingerprint density at radius 3 is 2.13 bits per heavy atom. The van der Waals surface area contributed by atoms with Gasteiger partial charge in [-0.25, -0.2) is 0 Å². The number of aromatic nitrogens is 2. The van der Waals surface area contributed by atoms with Crippen LogP contribution in [-0.4, -0.2) is 35.3 Å². The zero-order valence-corrected chi connectivity index (χ0v) is 8.97. The number of hydrogen-bond acceptors (Lipinski definition) is 4. The van der Waals surface area contributed by atoms with E-state index in [0.29, 0.717) is 0 Å². The monoisotopic (exact) mass is 257 g/mol. The van der Waals surface area contributed by atoms with E-state index < -0.39 is 20.7 Å². The molecule has 1 rings (SSSR count). The minimum absolute atomic E-state index is 0.00616. The maximum absolute atomic E-state index is 10.8. The number of rotatable bonds is 4. The molecule has 1 heterocycles. The molecule has 0 amide bonds. The van der Waals surface area contributed by atoms with Crippen LogP contribution in [-0.2, 0) is 9.13 Å². The molecule has 0 saturated carbocycles. The fourth-order valence-corrected chi connectivity index (χ4v) is 3.02. The number of nitrogens with one attached hydrogen (secondary N) is 2. The second-order valence-electron chi connectivity index (χ2n) is 2.67. The average molecular weight is 257 g/mol. The molecule has 0 aromatic carbocycles. The fraction of sp³-hybridized carbons (Fsp3) is 0.250. The summed E-state index contributed by atoms with van der Waals surface area (Å²) in [7, 11) is -9.92. The van der Waals surface area contributed by atoms with Gasteiger partial charge in [0.15, 0.2) is 0 Å². The first-order chi connectivity index (χ1) is 6.71.